The third-order valence-electron chi connectivity index (χ3n) is 6.98. The molecule has 1 aliphatic heterocycles. The highest BCUT2D eigenvalue weighted by atomic mass is 35.5. The van der Waals surface area contributed by atoms with Crippen LogP contribution in [0.15, 0.2) is 42.5 Å². The van der Waals surface area contributed by atoms with Gasteiger partial charge in [0.15, 0.2) is 0 Å². The Hall–Kier alpha value is -1.71. The Morgan fingerprint density at radius 1 is 1.18 bits per heavy atom. The van der Waals surface area contributed by atoms with Crippen LogP contribution in [0.4, 0.5) is 0 Å². The number of hydrogen-bond donors (Lipinski definition) is 2. The van der Waals surface area contributed by atoms with Gasteiger partial charge in [0.2, 0.25) is 5.91 Å². The molecule has 1 saturated carbocycles. The number of carbonyl (C=O) groups is 1. The lowest BCUT2D eigenvalue weighted by atomic mass is 9.54. The van der Waals surface area contributed by atoms with Crippen molar-refractivity contribution in [3.8, 4) is 5.75 Å². The van der Waals surface area contributed by atoms with Crippen LogP contribution in [0.25, 0.3) is 0 Å². The van der Waals surface area contributed by atoms with Gasteiger partial charge in [-0.1, -0.05) is 48.3 Å². The first kappa shape index (κ1) is 19.6. The molecule has 0 spiro atoms. The SMILES string of the molecule is CC[C@@]12CC[C@@H](c3ccc(O)cc3Cl)[C@H](c3ccc(Cl)cc3)[C@@H]1[C@@H](C)NC2=O. The van der Waals surface area contributed by atoms with Gasteiger partial charge in [-0.3, -0.25) is 4.79 Å². The fourth-order valence-corrected chi connectivity index (χ4v) is 6.15. The molecular weight excluding hydrogens is 393 g/mol. The van der Waals surface area contributed by atoms with Gasteiger partial charge in [-0.25, -0.2) is 0 Å². The van der Waals surface area contributed by atoms with Crippen molar-refractivity contribution in [3.63, 3.8) is 0 Å². The molecule has 28 heavy (non-hydrogen) atoms. The van der Waals surface area contributed by atoms with E-state index in [0.717, 1.165) is 24.8 Å². The molecule has 2 N–H and O–H groups in total. The first-order valence-corrected chi connectivity index (χ1v) is 10.7. The van der Waals surface area contributed by atoms with Crippen molar-refractivity contribution in [2.24, 2.45) is 11.3 Å². The Bertz CT molecular complexity index is 898. The van der Waals surface area contributed by atoms with Crippen molar-refractivity contribution >= 4 is 29.1 Å². The molecule has 3 nitrogen and oxygen atoms in total. The molecule has 1 saturated heterocycles. The highest BCUT2D eigenvalue weighted by Crippen LogP contribution is 2.60. The number of benzene rings is 2. The van der Waals surface area contributed by atoms with Crippen LogP contribution in [-0.4, -0.2) is 17.1 Å². The molecule has 2 fully saturated rings. The summed E-state index contributed by atoms with van der Waals surface area (Å²) in [6.45, 7) is 4.24. The molecule has 2 aromatic carbocycles. The van der Waals surface area contributed by atoms with E-state index in [1.54, 1.807) is 12.1 Å². The molecule has 2 aromatic rings. The largest absolute Gasteiger partial charge is 0.508 e. The first-order valence-electron chi connectivity index (χ1n) is 9.92. The summed E-state index contributed by atoms with van der Waals surface area (Å²) < 4.78 is 0. The standard InChI is InChI=1S/C23H25Cl2NO2/c1-3-23-11-10-18(17-9-8-16(27)12-19(17)25)20(14-4-6-15(24)7-5-14)21(23)13(2)26-22(23)28/h4-9,12-13,18,20-21,27H,3,10-11H2,1-2H3,(H,26,28)/t13-,18+,20+,21+,23-/m1/s1. The van der Waals surface area contributed by atoms with Crippen molar-refractivity contribution < 1.29 is 9.90 Å². The smallest absolute Gasteiger partial charge is 0.226 e. The molecule has 0 aromatic heterocycles. The van der Waals surface area contributed by atoms with E-state index in [9.17, 15) is 9.90 Å². The average Bonchev–Trinajstić information content (AvgIpc) is 2.93. The maximum absolute atomic E-state index is 13.0. The van der Waals surface area contributed by atoms with Gasteiger partial charge in [0.05, 0.1) is 5.41 Å². The van der Waals surface area contributed by atoms with Gasteiger partial charge in [0.25, 0.3) is 0 Å². The Labute approximate surface area is 176 Å². The van der Waals surface area contributed by atoms with E-state index in [1.165, 1.54) is 5.56 Å². The molecule has 1 aliphatic carbocycles. The average molecular weight is 418 g/mol. The molecule has 1 amide bonds. The molecule has 5 heteroatoms. The van der Waals surface area contributed by atoms with Crippen molar-refractivity contribution in [3.05, 3.63) is 63.6 Å². The summed E-state index contributed by atoms with van der Waals surface area (Å²) in [6, 6.07) is 13.3. The highest BCUT2D eigenvalue weighted by molar-refractivity contribution is 6.31. The highest BCUT2D eigenvalue weighted by Gasteiger charge is 2.59. The van der Waals surface area contributed by atoms with Gasteiger partial charge < -0.3 is 10.4 Å². The number of nitrogens with one attached hydrogen (secondary N) is 1. The Morgan fingerprint density at radius 2 is 1.89 bits per heavy atom. The minimum Gasteiger partial charge on any atom is -0.508 e. The number of hydrogen-bond acceptors (Lipinski definition) is 2. The van der Waals surface area contributed by atoms with Crippen LogP contribution in [0.3, 0.4) is 0 Å². The zero-order chi connectivity index (χ0) is 20.1. The zero-order valence-corrected chi connectivity index (χ0v) is 17.6. The second-order valence-electron chi connectivity index (χ2n) is 8.23. The van der Waals surface area contributed by atoms with Crippen LogP contribution in [-0.2, 0) is 4.79 Å². The van der Waals surface area contributed by atoms with Crippen molar-refractivity contribution in [2.45, 2.75) is 51.0 Å². The molecular formula is C23H25Cl2NO2. The van der Waals surface area contributed by atoms with Crippen LogP contribution >= 0.6 is 23.2 Å². The molecule has 148 valence electrons. The Balaban J connectivity index is 1.87. The Morgan fingerprint density at radius 3 is 2.54 bits per heavy atom. The molecule has 0 unspecified atom stereocenters. The minimum absolute atomic E-state index is 0.0896. The third kappa shape index (κ3) is 3.00. The fraction of sp³-hybridized carbons (Fsp3) is 0.435. The molecule has 0 bridgehead atoms. The topological polar surface area (TPSA) is 49.3 Å². The second-order valence-corrected chi connectivity index (χ2v) is 9.07. The van der Waals surface area contributed by atoms with Gasteiger partial charge in [0, 0.05) is 22.0 Å². The van der Waals surface area contributed by atoms with Crippen molar-refractivity contribution in [1.82, 2.24) is 5.32 Å². The van der Waals surface area contributed by atoms with Crippen LogP contribution in [0.1, 0.15) is 56.1 Å². The lowest BCUT2D eigenvalue weighted by Gasteiger charge is -2.47. The van der Waals surface area contributed by atoms with Gasteiger partial charge in [-0.15, -0.1) is 0 Å². The van der Waals surface area contributed by atoms with E-state index in [2.05, 4.69) is 31.3 Å². The normalized spacial score (nSPS) is 32.1. The third-order valence-corrected chi connectivity index (χ3v) is 7.56. The number of phenols is 1. The van der Waals surface area contributed by atoms with Crippen molar-refractivity contribution in [2.75, 3.05) is 0 Å². The number of phenolic OH excluding ortho intramolecular Hbond substituents is 1. The van der Waals surface area contributed by atoms with E-state index >= 15 is 0 Å². The summed E-state index contributed by atoms with van der Waals surface area (Å²) in [5.41, 5.74) is 1.88. The minimum atomic E-state index is -0.344. The number of carbonyl (C=O) groups excluding carboxylic acids is 1. The lowest BCUT2D eigenvalue weighted by Crippen LogP contribution is -2.43. The summed E-state index contributed by atoms with van der Waals surface area (Å²) in [6.07, 6.45) is 2.55. The number of halogens is 2. The summed E-state index contributed by atoms with van der Waals surface area (Å²) in [7, 11) is 0. The summed E-state index contributed by atoms with van der Waals surface area (Å²) in [4.78, 5) is 13.0. The molecule has 4 rings (SSSR count). The monoisotopic (exact) mass is 417 g/mol. The number of rotatable bonds is 3. The van der Waals surface area contributed by atoms with Crippen LogP contribution in [0.5, 0.6) is 5.75 Å². The molecule has 2 aliphatic rings. The van der Waals surface area contributed by atoms with Crippen LogP contribution in [0.2, 0.25) is 10.0 Å². The first-order chi connectivity index (χ1) is 13.4. The van der Waals surface area contributed by atoms with E-state index < -0.39 is 0 Å². The van der Waals surface area contributed by atoms with Gasteiger partial charge in [-0.05, 0) is 73.4 Å². The van der Waals surface area contributed by atoms with E-state index in [4.69, 9.17) is 23.2 Å². The van der Waals surface area contributed by atoms with Crippen LogP contribution in [0, 0.1) is 11.3 Å². The predicted molar refractivity (Wildman–Crippen MR) is 113 cm³/mol. The number of amides is 1. The van der Waals surface area contributed by atoms with Gasteiger partial charge in [-0.2, -0.15) is 0 Å². The molecule has 0 radical (unpaired) electrons. The number of aromatic hydroxyl groups is 1. The maximum atomic E-state index is 13.0. The number of fused-ring (bicyclic) bond motifs is 1. The summed E-state index contributed by atoms with van der Waals surface area (Å²) in [5, 5.41) is 14.3. The second kappa shape index (κ2) is 7.27. The van der Waals surface area contributed by atoms with Gasteiger partial charge >= 0.3 is 0 Å². The zero-order valence-electron chi connectivity index (χ0n) is 16.1. The molecule has 5 atom stereocenters. The Kier molecular flexibility index (Phi) is 5.09. The van der Waals surface area contributed by atoms with E-state index in [1.807, 2.05) is 18.2 Å². The summed E-state index contributed by atoms with van der Waals surface area (Å²) in [5.74, 6) is 0.842. The predicted octanol–water partition coefficient (Wildman–Crippen LogP) is 5.89. The lowest BCUT2D eigenvalue weighted by molar-refractivity contribution is -0.131. The van der Waals surface area contributed by atoms with Crippen LogP contribution < -0.4 is 5.32 Å². The van der Waals surface area contributed by atoms with Crippen molar-refractivity contribution in [1.29, 1.82) is 0 Å². The fourth-order valence-electron chi connectivity index (χ4n) is 5.71. The quantitative estimate of drug-likeness (QED) is 0.653. The van der Waals surface area contributed by atoms with Gasteiger partial charge in [0.1, 0.15) is 5.75 Å². The molecule has 1 heterocycles. The summed E-state index contributed by atoms with van der Waals surface area (Å²) >= 11 is 12.7. The van der Waals surface area contributed by atoms with E-state index in [0.29, 0.717) is 10.0 Å². The maximum Gasteiger partial charge on any atom is 0.226 e. The van der Waals surface area contributed by atoms with E-state index in [-0.39, 0.29) is 40.9 Å².